The second kappa shape index (κ2) is 11.8. The number of furan rings is 1. The Hall–Kier alpha value is -6.38. The lowest BCUT2D eigenvalue weighted by Gasteiger charge is -2.28. The van der Waals surface area contributed by atoms with Gasteiger partial charge in [0, 0.05) is 32.9 Å². The Balaban J connectivity index is 1.30. The van der Waals surface area contributed by atoms with Crippen LogP contribution in [0.2, 0.25) is 0 Å². The molecule has 226 valence electrons. The summed E-state index contributed by atoms with van der Waals surface area (Å²) >= 11 is 0. The number of fused-ring (bicyclic) bond motifs is 5. The van der Waals surface area contributed by atoms with E-state index in [0.717, 1.165) is 60.9 Å². The maximum absolute atomic E-state index is 6.61. The first-order valence-electron chi connectivity index (χ1n) is 16.3. The number of rotatable bonds is 6. The average Bonchev–Trinajstić information content (AvgIpc) is 3.56. The minimum Gasteiger partial charge on any atom is -0.455 e. The van der Waals surface area contributed by atoms with E-state index in [9.17, 15) is 0 Å². The summed E-state index contributed by atoms with van der Waals surface area (Å²) in [5.41, 5.74) is 12.1. The molecular weight excluding hydrogens is 583 g/mol. The van der Waals surface area contributed by atoms with Gasteiger partial charge in [-0.05, 0) is 81.9 Å². The van der Waals surface area contributed by atoms with Crippen molar-refractivity contribution in [1.82, 2.24) is 0 Å². The van der Waals surface area contributed by atoms with Crippen LogP contribution in [0.15, 0.2) is 192 Å². The number of nitrogens with zero attached hydrogens (tertiary/aromatic N) is 1. The molecule has 0 spiro atoms. The van der Waals surface area contributed by atoms with E-state index in [1.54, 1.807) is 0 Å². The van der Waals surface area contributed by atoms with Crippen molar-refractivity contribution in [3.05, 3.63) is 188 Å². The number of benzene rings is 8. The third-order valence-corrected chi connectivity index (χ3v) is 9.27. The number of anilines is 3. The molecule has 0 aliphatic rings. The molecule has 0 atom stereocenters. The van der Waals surface area contributed by atoms with Crippen LogP contribution < -0.4 is 4.90 Å². The molecular formula is C46H31NO. The van der Waals surface area contributed by atoms with E-state index in [1.807, 2.05) is 6.07 Å². The van der Waals surface area contributed by atoms with Gasteiger partial charge in [-0.25, -0.2) is 0 Å². The van der Waals surface area contributed by atoms with Crippen LogP contribution in [0.1, 0.15) is 0 Å². The van der Waals surface area contributed by atoms with Gasteiger partial charge >= 0.3 is 0 Å². The molecule has 9 rings (SSSR count). The first-order valence-corrected chi connectivity index (χ1v) is 16.3. The highest BCUT2D eigenvalue weighted by atomic mass is 16.3. The van der Waals surface area contributed by atoms with Gasteiger partial charge in [0.05, 0.1) is 5.69 Å². The van der Waals surface area contributed by atoms with Crippen LogP contribution in [0.25, 0.3) is 66.1 Å². The Bertz CT molecular complexity index is 2430. The summed E-state index contributed by atoms with van der Waals surface area (Å²) in [5, 5.41) is 4.47. The smallest absolute Gasteiger partial charge is 0.143 e. The fraction of sp³-hybridized carbons (Fsp3) is 0. The van der Waals surface area contributed by atoms with E-state index >= 15 is 0 Å². The Morgan fingerprint density at radius 2 is 0.771 bits per heavy atom. The van der Waals surface area contributed by atoms with Gasteiger partial charge in [-0.15, -0.1) is 0 Å². The van der Waals surface area contributed by atoms with Crippen LogP contribution in [0.5, 0.6) is 0 Å². The zero-order valence-corrected chi connectivity index (χ0v) is 26.3. The van der Waals surface area contributed by atoms with Crippen LogP contribution in [0.3, 0.4) is 0 Å². The molecule has 0 bridgehead atoms. The van der Waals surface area contributed by atoms with Crippen molar-refractivity contribution >= 4 is 49.8 Å². The summed E-state index contributed by atoms with van der Waals surface area (Å²) in [6.45, 7) is 0. The molecule has 0 aliphatic heterocycles. The standard InChI is InChI=1S/C46H31NO/c1-4-12-32(13-5-1)35-20-24-38(25-21-35)47(39-26-22-36(23-27-39)33-14-6-2-7-15-33)44-31-37(34-16-8-3-9-17-34)30-43-40(44)28-29-42-41-18-10-11-19-45(41)48-46(42)43/h1-31H. The predicted molar refractivity (Wildman–Crippen MR) is 202 cm³/mol. The minimum atomic E-state index is 0.900. The monoisotopic (exact) mass is 613 g/mol. The summed E-state index contributed by atoms with van der Waals surface area (Å²) in [7, 11) is 0. The molecule has 0 fully saturated rings. The van der Waals surface area contributed by atoms with Crippen LogP contribution in [-0.2, 0) is 0 Å². The Morgan fingerprint density at radius 3 is 1.33 bits per heavy atom. The Labute approximate surface area is 279 Å². The van der Waals surface area contributed by atoms with Gasteiger partial charge < -0.3 is 9.32 Å². The SMILES string of the molecule is c1ccc(-c2ccc(N(c3ccc(-c4ccccc4)cc3)c3cc(-c4ccccc4)cc4c3ccc3c5ccccc5oc43)cc2)cc1. The summed E-state index contributed by atoms with van der Waals surface area (Å²) in [5.74, 6) is 0. The molecule has 0 N–H and O–H groups in total. The van der Waals surface area contributed by atoms with Gasteiger partial charge in [-0.1, -0.05) is 140 Å². The lowest BCUT2D eigenvalue weighted by Crippen LogP contribution is -2.11. The molecule has 48 heavy (non-hydrogen) atoms. The van der Waals surface area contributed by atoms with E-state index in [2.05, 4.69) is 187 Å². The number of hydrogen-bond acceptors (Lipinski definition) is 2. The van der Waals surface area contributed by atoms with Crippen LogP contribution in [0, 0.1) is 0 Å². The van der Waals surface area contributed by atoms with Crippen molar-refractivity contribution in [1.29, 1.82) is 0 Å². The van der Waals surface area contributed by atoms with Gasteiger partial charge in [0.1, 0.15) is 11.2 Å². The fourth-order valence-electron chi connectivity index (χ4n) is 6.88. The molecule has 1 heterocycles. The molecule has 0 amide bonds. The summed E-state index contributed by atoms with van der Waals surface area (Å²) in [4.78, 5) is 2.38. The zero-order chi connectivity index (χ0) is 31.9. The third kappa shape index (κ3) is 4.92. The van der Waals surface area contributed by atoms with Gasteiger partial charge in [-0.2, -0.15) is 0 Å². The highest BCUT2D eigenvalue weighted by Gasteiger charge is 2.20. The van der Waals surface area contributed by atoms with E-state index < -0.39 is 0 Å². The topological polar surface area (TPSA) is 16.4 Å². The Kier molecular flexibility index (Phi) is 6.84. The van der Waals surface area contributed by atoms with Gasteiger partial charge in [-0.3, -0.25) is 0 Å². The largest absolute Gasteiger partial charge is 0.455 e. The average molecular weight is 614 g/mol. The number of para-hydroxylation sites is 1. The molecule has 0 radical (unpaired) electrons. The van der Waals surface area contributed by atoms with Gasteiger partial charge in [0.25, 0.3) is 0 Å². The van der Waals surface area contributed by atoms with Crippen molar-refractivity contribution in [3.8, 4) is 33.4 Å². The van der Waals surface area contributed by atoms with Crippen molar-refractivity contribution in [2.75, 3.05) is 4.90 Å². The predicted octanol–water partition coefficient (Wildman–Crippen LogP) is 13.2. The zero-order valence-electron chi connectivity index (χ0n) is 26.3. The second-order valence-electron chi connectivity index (χ2n) is 12.2. The summed E-state index contributed by atoms with van der Waals surface area (Å²) in [6, 6.07) is 66.9. The lowest BCUT2D eigenvalue weighted by atomic mass is 9.96. The second-order valence-corrected chi connectivity index (χ2v) is 12.2. The highest BCUT2D eigenvalue weighted by Crippen LogP contribution is 2.45. The van der Waals surface area contributed by atoms with Gasteiger partial charge in [0.2, 0.25) is 0 Å². The number of hydrogen-bond donors (Lipinski definition) is 0. The van der Waals surface area contributed by atoms with E-state index in [0.29, 0.717) is 0 Å². The maximum Gasteiger partial charge on any atom is 0.143 e. The van der Waals surface area contributed by atoms with Crippen LogP contribution in [0.4, 0.5) is 17.1 Å². The van der Waals surface area contributed by atoms with E-state index in [1.165, 1.54) is 22.3 Å². The van der Waals surface area contributed by atoms with Gasteiger partial charge in [0.15, 0.2) is 0 Å². The molecule has 8 aromatic carbocycles. The summed E-state index contributed by atoms with van der Waals surface area (Å²) in [6.07, 6.45) is 0. The molecule has 9 aromatic rings. The molecule has 0 aliphatic carbocycles. The first-order chi connectivity index (χ1) is 23.8. The van der Waals surface area contributed by atoms with E-state index in [4.69, 9.17) is 4.42 Å². The van der Waals surface area contributed by atoms with Crippen LogP contribution >= 0.6 is 0 Å². The quantitative estimate of drug-likeness (QED) is 0.185. The Morgan fingerprint density at radius 1 is 0.312 bits per heavy atom. The summed E-state index contributed by atoms with van der Waals surface area (Å²) < 4.78 is 6.61. The normalized spacial score (nSPS) is 11.3. The molecule has 0 saturated carbocycles. The molecule has 1 aromatic heterocycles. The van der Waals surface area contributed by atoms with Crippen molar-refractivity contribution < 1.29 is 4.42 Å². The van der Waals surface area contributed by atoms with Crippen molar-refractivity contribution in [3.63, 3.8) is 0 Å². The fourth-order valence-corrected chi connectivity index (χ4v) is 6.88. The molecule has 0 unspecified atom stereocenters. The van der Waals surface area contributed by atoms with Crippen molar-refractivity contribution in [2.45, 2.75) is 0 Å². The maximum atomic E-state index is 6.61. The third-order valence-electron chi connectivity index (χ3n) is 9.27. The molecule has 0 saturated heterocycles. The minimum absolute atomic E-state index is 0.900. The first kappa shape index (κ1) is 27.9. The lowest BCUT2D eigenvalue weighted by molar-refractivity contribution is 0.672. The molecule has 2 heteroatoms. The van der Waals surface area contributed by atoms with Crippen LogP contribution in [-0.4, -0.2) is 0 Å². The molecule has 2 nitrogen and oxygen atoms in total. The van der Waals surface area contributed by atoms with Crippen molar-refractivity contribution in [2.24, 2.45) is 0 Å². The highest BCUT2D eigenvalue weighted by molar-refractivity contribution is 6.18. The van der Waals surface area contributed by atoms with E-state index in [-0.39, 0.29) is 0 Å².